The van der Waals surface area contributed by atoms with Crippen molar-refractivity contribution in [2.24, 2.45) is 5.73 Å². The van der Waals surface area contributed by atoms with Gasteiger partial charge in [-0.3, -0.25) is 0 Å². The fraction of sp³-hybridized carbons (Fsp3) is 0.385. The molecule has 21 heavy (non-hydrogen) atoms. The molecule has 1 aromatic heterocycles. The lowest BCUT2D eigenvalue weighted by atomic mass is 10.1. The van der Waals surface area contributed by atoms with Gasteiger partial charge in [0.25, 0.3) is 0 Å². The Kier molecular flexibility index (Phi) is 3.62. The monoisotopic (exact) mass is 307 g/mol. The van der Waals surface area contributed by atoms with Gasteiger partial charge < -0.3 is 14.9 Å². The second kappa shape index (κ2) is 5.30. The number of aromatic nitrogens is 3. The molecule has 2 heterocycles. The number of hydrogen-bond acceptors (Lipinski definition) is 5. The van der Waals surface area contributed by atoms with Crippen LogP contribution >= 0.6 is 0 Å². The summed E-state index contributed by atoms with van der Waals surface area (Å²) in [4.78, 5) is 0. The van der Waals surface area contributed by atoms with Gasteiger partial charge >= 0.3 is 0 Å². The molecular weight excluding hydrogens is 290 g/mol. The third-order valence-corrected chi connectivity index (χ3v) is 4.90. The van der Waals surface area contributed by atoms with Crippen LogP contribution in [0, 0.1) is 0 Å². The van der Waals surface area contributed by atoms with E-state index in [1.807, 2.05) is 34.9 Å². The van der Waals surface area contributed by atoms with Crippen LogP contribution in [0.1, 0.15) is 23.3 Å². The summed E-state index contributed by atoms with van der Waals surface area (Å²) in [7, 11) is -3.21. The Hall–Kier alpha value is -1.61. The van der Waals surface area contributed by atoms with Crippen LogP contribution in [-0.2, 0) is 27.7 Å². The van der Waals surface area contributed by atoms with Gasteiger partial charge in [0.1, 0.15) is 23.2 Å². The quantitative estimate of drug-likeness (QED) is 0.823. The number of nitrogens with zero attached hydrogens (tertiary/aromatic N) is 4. The zero-order valence-corrected chi connectivity index (χ0v) is 12.5. The predicted octanol–water partition coefficient (Wildman–Crippen LogP) is 0.317. The number of hydrogen-bond donors (Lipinski definition) is 1. The largest absolute Gasteiger partial charge is 0.598 e. The standard InChI is InChI=1S/C13H17N5O2S/c1-21(19,20)17-7-8-18-11(9-17)15-16-13(18)12(14)10-5-3-2-4-6-10/h2-6,12H,7-9,14H2,1H3. The maximum atomic E-state index is 11.6. The topological polar surface area (TPSA) is 100 Å². The van der Waals surface area contributed by atoms with Crippen LogP contribution < -0.4 is 5.73 Å². The van der Waals surface area contributed by atoms with Crippen molar-refractivity contribution >= 4 is 10.4 Å². The maximum Gasteiger partial charge on any atom is 0.154 e. The summed E-state index contributed by atoms with van der Waals surface area (Å²) in [5.41, 5.74) is 7.21. The molecule has 1 aromatic carbocycles. The van der Waals surface area contributed by atoms with E-state index in [-0.39, 0.29) is 12.6 Å². The second-order valence-electron chi connectivity index (χ2n) is 5.11. The highest BCUT2D eigenvalue weighted by atomic mass is 32.3. The first kappa shape index (κ1) is 14.3. The van der Waals surface area contributed by atoms with Gasteiger partial charge in [-0.05, 0) is 5.56 Å². The molecule has 8 heteroatoms. The predicted molar refractivity (Wildman–Crippen MR) is 77.7 cm³/mol. The van der Waals surface area contributed by atoms with E-state index < -0.39 is 10.4 Å². The van der Waals surface area contributed by atoms with Crippen molar-refractivity contribution in [1.29, 1.82) is 0 Å². The molecule has 0 radical (unpaired) electrons. The van der Waals surface area contributed by atoms with Crippen LogP contribution in [0.25, 0.3) is 0 Å². The lowest BCUT2D eigenvalue weighted by Crippen LogP contribution is -2.41. The van der Waals surface area contributed by atoms with Crippen molar-refractivity contribution in [3.8, 4) is 0 Å². The molecule has 0 spiro atoms. The summed E-state index contributed by atoms with van der Waals surface area (Å²) in [6.45, 7) is 1.18. The molecule has 0 saturated heterocycles. The average Bonchev–Trinajstić information content (AvgIpc) is 2.89. The Morgan fingerprint density at radius 3 is 2.67 bits per heavy atom. The van der Waals surface area contributed by atoms with Gasteiger partial charge in [0, 0.05) is 6.54 Å². The van der Waals surface area contributed by atoms with E-state index in [1.54, 1.807) is 0 Å². The van der Waals surface area contributed by atoms with Crippen molar-refractivity contribution in [2.75, 3.05) is 12.8 Å². The molecule has 1 aliphatic rings. The molecule has 0 aliphatic carbocycles. The van der Waals surface area contributed by atoms with Gasteiger partial charge in [-0.2, -0.15) is 0 Å². The SMILES string of the molecule is C[S+](=O)([O-])N1CCn2c(nnc2C(N)c2ccccc2)C1. The first-order chi connectivity index (χ1) is 9.97. The molecule has 2 atom stereocenters. The number of benzene rings is 1. The number of sulfonamides is 1. The van der Waals surface area contributed by atoms with Crippen molar-refractivity contribution in [2.45, 2.75) is 19.1 Å². The highest BCUT2D eigenvalue weighted by Gasteiger charge is 2.31. The lowest BCUT2D eigenvalue weighted by molar-refractivity contribution is 0.302. The number of fused-ring (bicyclic) bond motifs is 1. The fourth-order valence-corrected chi connectivity index (χ4v) is 3.24. The number of nitrogens with two attached hydrogens (primary N) is 1. The third-order valence-electron chi connectivity index (χ3n) is 3.65. The Labute approximate surface area is 124 Å². The van der Waals surface area contributed by atoms with Crippen LogP contribution in [0.15, 0.2) is 30.3 Å². The Bertz CT molecular complexity index is 681. The molecule has 0 saturated carbocycles. The molecule has 2 unspecified atom stereocenters. The van der Waals surface area contributed by atoms with E-state index in [0.29, 0.717) is 24.7 Å². The smallest absolute Gasteiger partial charge is 0.154 e. The van der Waals surface area contributed by atoms with E-state index in [9.17, 15) is 8.76 Å². The summed E-state index contributed by atoms with van der Waals surface area (Å²) in [6.07, 6.45) is 1.20. The Balaban J connectivity index is 1.89. The minimum Gasteiger partial charge on any atom is -0.598 e. The summed E-state index contributed by atoms with van der Waals surface area (Å²) in [6, 6.07) is 9.30. The van der Waals surface area contributed by atoms with E-state index in [2.05, 4.69) is 10.2 Å². The molecule has 7 nitrogen and oxygen atoms in total. The molecular formula is C13H17N5O2S. The van der Waals surface area contributed by atoms with Crippen LogP contribution in [-0.4, -0.2) is 36.4 Å². The van der Waals surface area contributed by atoms with Gasteiger partial charge in [0.2, 0.25) is 0 Å². The van der Waals surface area contributed by atoms with Gasteiger partial charge in [-0.1, -0.05) is 34.5 Å². The summed E-state index contributed by atoms with van der Waals surface area (Å²) < 4.78 is 26.5. The van der Waals surface area contributed by atoms with Crippen molar-refractivity contribution in [3.63, 3.8) is 0 Å². The molecule has 112 valence electrons. The van der Waals surface area contributed by atoms with E-state index in [0.717, 1.165) is 5.56 Å². The van der Waals surface area contributed by atoms with E-state index in [4.69, 9.17) is 5.73 Å². The van der Waals surface area contributed by atoms with E-state index >= 15 is 0 Å². The van der Waals surface area contributed by atoms with Crippen molar-refractivity contribution < 1.29 is 8.76 Å². The minimum absolute atomic E-state index is 0.243. The fourth-order valence-electron chi connectivity index (χ4n) is 2.48. The van der Waals surface area contributed by atoms with Crippen LogP contribution in [0.3, 0.4) is 0 Å². The average molecular weight is 307 g/mol. The normalized spacial score (nSPS) is 19.8. The van der Waals surface area contributed by atoms with Crippen molar-refractivity contribution in [3.05, 3.63) is 47.5 Å². The third kappa shape index (κ3) is 2.75. The molecule has 1 aliphatic heterocycles. The van der Waals surface area contributed by atoms with Gasteiger partial charge in [0.15, 0.2) is 11.6 Å². The molecule has 0 fully saturated rings. The van der Waals surface area contributed by atoms with Crippen LogP contribution in [0.4, 0.5) is 0 Å². The molecule has 3 rings (SSSR count). The molecule has 0 amide bonds. The van der Waals surface area contributed by atoms with Crippen LogP contribution in [0.5, 0.6) is 0 Å². The van der Waals surface area contributed by atoms with Gasteiger partial charge in [0.05, 0.1) is 12.6 Å². The van der Waals surface area contributed by atoms with Crippen molar-refractivity contribution in [1.82, 2.24) is 19.1 Å². The van der Waals surface area contributed by atoms with Crippen LogP contribution in [0.2, 0.25) is 0 Å². The lowest BCUT2D eigenvalue weighted by Gasteiger charge is -2.29. The van der Waals surface area contributed by atoms with Gasteiger partial charge in [-0.25, -0.2) is 0 Å². The van der Waals surface area contributed by atoms with Gasteiger partial charge in [-0.15, -0.1) is 14.5 Å². The highest BCUT2D eigenvalue weighted by Crippen LogP contribution is 2.22. The Morgan fingerprint density at radius 2 is 2.00 bits per heavy atom. The van der Waals surface area contributed by atoms with E-state index in [1.165, 1.54) is 10.6 Å². The summed E-state index contributed by atoms with van der Waals surface area (Å²) in [5, 5.41) is 8.25. The number of rotatable bonds is 3. The Morgan fingerprint density at radius 1 is 1.29 bits per heavy atom. The molecule has 2 aromatic rings. The first-order valence-corrected chi connectivity index (χ1v) is 8.49. The zero-order chi connectivity index (χ0) is 15.0. The molecule has 2 N–H and O–H groups in total. The second-order valence-corrected chi connectivity index (χ2v) is 7.09. The summed E-state index contributed by atoms with van der Waals surface area (Å²) in [5.74, 6) is 1.30. The highest BCUT2D eigenvalue weighted by molar-refractivity contribution is 7.94. The zero-order valence-electron chi connectivity index (χ0n) is 11.7. The maximum absolute atomic E-state index is 11.6. The minimum atomic E-state index is -3.21. The summed E-state index contributed by atoms with van der Waals surface area (Å²) >= 11 is 0. The molecule has 0 bridgehead atoms. The first-order valence-electron chi connectivity index (χ1n) is 6.64.